The van der Waals surface area contributed by atoms with Crippen LogP contribution in [0, 0.1) is 5.41 Å². The highest BCUT2D eigenvalue weighted by Crippen LogP contribution is 2.25. The monoisotopic (exact) mass is 366 g/mol. The van der Waals surface area contributed by atoms with Crippen LogP contribution in [0.5, 0.6) is 0 Å². The van der Waals surface area contributed by atoms with Crippen molar-refractivity contribution >= 4 is 16.6 Å². The lowest BCUT2D eigenvalue weighted by atomic mass is 9.88. The summed E-state index contributed by atoms with van der Waals surface area (Å²) >= 11 is 0. The van der Waals surface area contributed by atoms with Gasteiger partial charge in [0.25, 0.3) is 0 Å². The molecule has 1 unspecified atom stereocenters. The van der Waals surface area contributed by atoms with E-state index >= 15 is 0 Å². The topological polar surface area (TPSA) is 127 Å². The second-order valence-corrected chi connectivity index (χ2v) is 7.08. The molecule has 0 radical (unpaired) electrons. The Bertz CT molecular complexity index is 810. The number of carbonyl (C=O) groups is 1. The summed E-state index contributed by atoms with van der Waals surface area (Å²) in [5, 5.41) is 13.1. The molecule has 2 rings (SSSR count). The van der Waals surface area contributed by atoms with E-state index in [2.05, 4.69) is 5.10 Å². The van der Waals surface area contributed by atoms with Gasteiger partial charge in [0.05, 0.1) is 17.4 Å². The zero-order valence-electron chi connectivity index (χ0n) is 13.9. The van der Waals surface area contributed by atoms with Crippen LogP contribution in [-0.2, 0) is 28.6 Å². The van der Waals surface area contributed by atoms with Crippen LogP contribution in [0.25, 0.3) is 11.1 Å². The number of hydrogen-bond acceptors (Lipinski definition) is 6. The van der Waals surface area contributed by atoms with Crippen LogP contribution in [0.3, 0.4) is 0 Å². The Kier molecular flexibility index (Phi) is 6.29. The average Bonchev–Trinajstić information content (AvgIpc) is 3.07. The van der Waals surface area contributed by atoms with E-state index in [0.717, 1.165) is 16.7 Å². The predicted molar refractivity (Wildman–Crippen MR) is 93.4 cm³/mol. The van der Waals surface area contributed by atoms with Crippen molar-refractivity contribution in [1.82, 2.24) is 15.3 Å². The Labute approximate surface area is 147 Å². The van der Waals surface area contributed by atoms with Crippen LogP contribution >= 0.6 is 0 Å². The molecule has 0 aliphatic heterocycles. The third-order valence-electron chi connectivity index (χ3n) is 4.20. The van der Waals surface area contributed by atoms with Gasteiger partial charge >= 0.3 is 0 Å². The van der Waals surface area contributed by atoms with Crippen molar-refractivity contribution in [2.75, 3.05) is 5.75 Å². The summed E-state index contributed by atoms with van der Waals surface area (Å²) in [6.45, 7) is 2.24. The molecule has 0 aliphatic carbocycles. The molecule has 8 nitrogen and oxygen atoms in total. The van der Waals surface area contributed by atoms with E-state index in [-0.39, 0.29) is 12.2 Å². The fraction of sp³-hybridized carbons (Fsp3) is 0.375. The fourth-order valence-electron chi connectivity index (χ4n) is 2.65. The van der Waals surface area contributed by atoms with Crippen LogP contribution in [0.15, 0.2) is 36.7 Å². The molecule has 0 saturated heterocycles. The zero-order valence-corrected chi connectivity index (χ0v) is 14.8. The molecule has 1 amide bonds. The summed E-state index contributed by atoms with van der Waals surface area (Å²) in [5.74, 6) is -1.08. The van der Waals surface area contributed by atoms with Crippen molar-refractivity contribution < 1.29 is 18.4 Å². The lowest BCUT2D eigenvalue weighted by molar-refractivity contribution is -0.138. The maximum atomic E-state index is 11.8. The molecular weight excluding hydrogens is 344 g/mol. The molecule has 9 heteroatoms. The maximum Gasteiger partial charge on any atom is 0.250 e. The van der Waals surface area contributed by atoms with Crippen LogP contribution in [0.4, 0.5) is 0 Å². The Hall–Kier alpha value is -2.23. The second kappa shape index (κ2) is 8.24. The van der Waals surface area contributed by atoms with Crippen LogP contribution in [0.1, 0.15) is 18.9 Å². The highest BCUT2D eigenvalue weighted by molar-refractivity contribution is 7.72. The van der Waals surface area contributed by atoms with Crippen molar-refractivity contribution in [3.8, 4) is 11.1 Å². The van der Waals surface area contributed by atoms with Gasteiger partial charge < -0.3 is 5.73 Å². The van der Waals surface area contributed by atoms with E-state index in [1.807, 2.05) is 30.5 Å². The first-order valence-corrected chi connectivity index (χ1v) is 9.13. The summed E-state index contributed by atoms with van der Waals surface area (Å²) in [7, 11) is -2.76. The molecular formula is C16H22N4O4S. The first-order valence-electron chi connectivity index (χ1n) is 7.77. The number of aryl methyl sites for hydroxylation is 1. The lowest BCUT2D eigenvalue weighted by Gasteiger charge is -2.24. The molecule has 0 bridgehead atoms. The van der Waals surface area contributed by atoms with Crippen LogP contribution < -0.4 is 11.2 Å². The number of rotatable bonds is 8. The van der Waals surface area contributed by atoms with E-state index < -0.39 is 22.0 Å². The molecule has 0 spiro atoms. The minimum Gasteiger partial charge on any atom is -0.326 e. The van der Waals surface area contributed by atoms with Gasteiger partial charge in [0.2, 0.25) is 5.91 Å². The van der Waals surface area contributed by atoms with Gasteiger partial charge in [-0.05, 0) is 24.5 Å². The first kappa shape index (κ1) is 19.1. The summed E-state index contributed by atoms with van der Waals surface area (Å²) in [4.78, 5) is 11.8. The highest BCUT2D eigenvalue weighted by Gasteiger charge is 2.34. The number of amides is 1. The van der Waals surface area contributed by atoms with E-state index in [9.17, 15) is 13.2 Å². The number of nitrogens with zero attached hydrogens (tertiary/aromatic N) is 2. The Morgan fingerprint density at radius 1 is 1.40 bits per heavy atom. The number of thiol groups is 1. The van der Waals surface area contributed by atoms with Crippen LogP contribution in [0.2, 0.25) is 0 Å². The van der Waals surface area contributed by atoms with Crippen LogP contribution in [-0.4, -0.2) is 35.1 Å². The van der Waals surface area contributed by atoms with Crippen molar-refractivity contribution in [2.24, 2.45) is 11.1 Å². The molecule has 1 aromatic heterocycles. The molecule has 1 atom stereocenters. The minimum atomic E-state index is -2.76. The molecule has 25 heavy (non-hydrogen) atoms. The van der Waals surface area contributed by atoms with Gasteiger partial charge in [-0.25, -0.2) is 13.9 Å². The summed E-state index contributed by atoms with van der Waals surface area (Å²) in [6, 6.07) is 7.73. The minimum absolute atomic E-state index is 0.211. The highest BCUT2D eigenvalue weighted by atomic mass is 32.2. The molecule has 1 heterocycles. The van der Waals surface area contributed by atoms with Gasteiger partial charge in [0, 0.05) is 24.8 Å². The van der Waals surface area contributed by atoms with Crippen molar-refractivity contribution in [1.29, 1.82) is 0 Å². The summed E-state index contributed by atoms with van der Waals surface area (Å²) in [5.41, 5.74) is 8.93. The largest absolute Gasteiger partial charge is 0.326 e. The van der Waals surface area contributed by atoms with Crippen molar-refractivity contribution in [3.05, 3.63) is 42.2 Å². The Morgan fingerprint density at radius 3 is 2.76 bits per heavy atom. The van der Waals surface area contributed by atoms with Crippen molar-refractivity contribution in [3.63, 3.8) is 0 Å². The van der Waals surface area contributed by atoms with Gasteiger partial charge in [-0.1, -0.05) is 24.3 Å². The van der Waals surface area contributed by atoms with E-state index in [1.165, 1.54) is 6.92 Å². The van der Waals surface area contributed by atoms with Gasteiger partial charge in [-0.2, -0.15) is 5.10 Å². The maximum absolute atomic E-state index is 11.8. The number of carbonyl (C=O) groups excluding carboxylic acids is 1. The Morgan fingerprint density at radius 2 is 2.12 bits per heavy atom. The smallest absolute Gasteiger partial charge is 0.250 e. The number of nitrogens with two attached hydrogens (primary N) is 1. The van der Waals surface area contributed by atoms with Gasteiger partial charge in [0.1, 0.15) is 10.7 Å². The summed E-state index contributed by atoms with van der Waals surface area (Å²) in [6.07, 6.45) is 3.73. The third-order valence-corrected chi connectivity index (χ3v) is 5.16. The molecule has 4 N–H and O–H groups in total. The zero-order chi connectivity index (χ0) is 18.4. The van der Waals surface area contributed by atoms with E-state index in [0.29, 0.717) is 13.1 Å². The molecule has 2 aromatic rings. The lowest BCUT2D eigenvalue weighted by Crippen LogP contribution is -2.41. The molecule has 0 saturated carbocycles. The van der Waals surface area contributed by atoms with Crippen molar-refractivity contribution in [2.45, 2.75) is 26.4 Å². The molecule has 1 aromatic carbocycles. The SMILES string of the molecule is CC(CCn1cc(-c2ccccc2CN)cn1)(C[SH](=O)=O)C(=O)NO. The predicted octanol–water partition coefficient (Wildman–Crippen LogP) is 0.522. The Balaban J connectivity index is 2.16. The quantitative estimate of drug-likeness (QED) is 0.306. The average molecular weight is 366 g/mol. The third kappa shape index (κ3) is 4.65. The number of hydrogen-bond donors (Lipinski definition) is 4. The standard InChI is InChI=1S/C16H22N4O4S/c1-16(11-25(23)24,15(21)19-22)6-7-20-10-13(9-18-20)14-5-3-2-4-12(14)8-17/h2-5,9-10,22,25H,6-8,11,17H2,1H3,(H,19,21). The van der Waals surface area contributed by atoms with E-state index in [4.69, 9.17) is 10.9 Å². The van der Waals surface area contributed by atoms with Gasteiger partial charge in [-0.15, -0.1) is 0 Å². The number of hydroxylamine groups is 1. The molecule has 136 valence electrons. The molecule has 0 aliphatic rings. The number of nitrogens with one attached hydrogen (secondary N) is 1. The normalized spacial score (nSPS) is 13.6. The van der Waals surface area contributed by atoms with Gasteiger partial charge in [0.15, 0.2) is 0 Å². The summed E-state index contributed by atoms with van der Waals surface area (Å²) < 4.78 is 23.7. The number of aromatic nitrogens is 2. The second-order valence-electron chi connectivity index (χ2n) is 6.10. The molecule has 0 fully saturated rings. The number of benzene rings is 1. The first-order chi connectivity index (χ1) is 11.9. The van der Waals surface area contributed by atoms with E-state index in [1.54, 1.807) is 16.4 Å². The fourth-order valence-corrected chi connectivity index (χ4v) is 3.52. The van der Waals surface area contributed by atoms with Gasteiger partial charge in [-0.3, -0.25) is 14.7 Å².